The summed E-state index contributed by atoms with van der Waals surface area (Å²) in [5, 5.41) is 0.273. The van der Waals surface area contributed by atoms with Gasteiger partial charge in [-0.3, -0.25) is 0 Å². The van der Waals surface area contributed by atoms with Crippen LogP contribution < -0.4 is 0 Å². The molecule has 0 bridgehead atoms. The molecule has 0 aliphatic heterocycles. The van der Waals surface area contributed by atoms with Crippen LogP contribution in [-0.4, -0.2) is 5.38 Å². The highest BCUT2D eigenvalue weighted by molar-refractivity contribution is 6.22. The van der Waals surface area contributed by atoms with Crippen molar-refractivity contribution in [1.82, 2.24) is 0 Å². The molecule has 0 radical (unpaired) electrons. The summed E-state index contributed by atoms with van der Waals surface area (Å²) in [6, 6.07) is 8.93. The fourth-order valence-corrected chi connectivity index (χ4v) is 2.34. The van der Waals surface area contributed by atoms with Crippen LogP contribution in [-0.2, 0) is 12.8 Å². The van der Waals surface area contributed by atoms with Crippen molar-refractivity contribution in [1.29, 1.82) is 0 Å². The number of hydrogen-bond donors (Lipinski definition) is 0. The normalized spacial score (nSPS) is 20.4. The summed E-state index contributed by atoms with van der Waals surface area (Å²) in [5.41, 5.74) is 4.32. The third-order valence-electron chi connectivity index (χ3n) is 3.02. The molecule has 0 heterocycles. The van der Waals surface area contributed by atoms with Gasteiger partial charge in [-0.15, -0.1) is 11.6 Å². The first-order valence-electron chi connectivity index (χ1n) is 5.69. The van der Waals surface area contributed by atoms with Crippen LogP contribution in [0.15, 0.2) is 35.9 Å². The number of aryl methyl sites for hydroxylation is 1. The average molecular weight is 221 g/mol. The molecule has 0 fully saturated rings. The van der Waals surface area contributed by atoms with E-state index in [0.29, 0.717) is 0 Å². The number of allylic oxidation sites excluding steroid dienone is 2. The summed E-state index contributed by atoms with van der Waals surface area (Å²) in [6.45, 7) is 2.19. The maximum absolute atomic E-state index is 6.04. The van der Waals surface area contributed by atoms with Crippen LogP contribution in [0.4, 0.5) is 0 Å². The standard InChI is InChI=1S/C14H17Cl/c1-2-11-3-5-12(6-4-11)9-13-7-8-14(15)10-13/h3-6,10,14H,2,7-9H2,1H3. The molecule has 0 saturated carbocycles. The highest BCUT2D eigenvalue weighted by atomic mass is 35.5. The van der Waals surface area contributed by atoms with E-state index in [4.69, 9.17) is 11.6 Å². The fourth-order valence-electron chi connectivity index (χ4n) is 2.05. The highest BCUT2D eigenvalue weighted by Crippen LogP contribution is 2.25. The summed E-state index contributed by atoms with van der Waals surface area (Å²) in [6.07, 6.45) is 6.70. The Bertz CT molecular complexity index is 348. The topological polar surface area (TPSA) is 0 Å². The van der Waals surface area contributed by atoms with Gasteiger partial charge in [0.05, 0.1) is 5.38 Å². The summed E-state index contributed by atoms with van der Waals surface area (Å²) in [7, 11) is 0. The summed E-state index contributed by atoms with van der Waals surface area (Å²) < 4.78 is 0. The maximum Gasteiger partial charge on any atom is 0.0521 e. The van der Waals surface area contributed by atoms with Crippen molar-refractivity contribution in [2.45, 2.75) is 38.0 Å². The van der Waals surface area contributed by atoms with Crippen LogP contribution >= 0.6 is 11.6 Å². The predicted molar refractivity (Wildman–Crippen MR) is 66.5 cm³/mol. The van der Waals surface area contributed by atoms with Crippen LogP contribution in [0.2, 0.25) is 0 Å². The zero-order valence-corrected chi connectivity index (χ0v) is 9.93. The number of benzene rings is 1. The minimum absolute atomic E-state index is 0.273. The largest absolute Gasteiger partial charge is 0.118 e. The highest BCUT2D eigenvalue weighted by Gasteiger charge is 2.12. The number of halogens is 1. The monoisotopic (exact) mass is 220 g/mol. The molecule has 1 heteroatoms. The first kappa shape index (κ1) is 10.8. The molecule has 2 rings (SSSR count). The van der Waals surface area contributed by atoms with Gasteiger partial charge in [0.1, 0.15) is 0 Å². The zero-order valence-electron chi connectivity index (χ0n) is 9.17. The van der Waals surface area contributed by atoms with Gasteiger partial charge < -0.3 is 0 Å². The van der Waals surface area contributed by atoms with E-state index in [1.165, 1.54) is 23.1 Å². The van der Waals surface area contributed by atoms with E-state index >= 15 is 0 Å². The second-order valence-corrected chi connectivity index (χ2v) is 4.79. The van der Waals surface area contributed by atoms with Crippen LogP contribution in [0.25, 0.3) is 0 Å². The molecule has 0 spiro atoms. The lowest BCUT2D eigenvalue weighted by Crippen LogP contribution is -1.88. The van der Waals surface area contributed by atoms with Crippen molar-refractivity contribution in [3.05, 3.63) is 47.0 Å². The Morgan fingerprint density at radius 2 is 1.87 bits per heavy atom. The minimum Gasteiger partial charge on any atom is -0.118 e. The Morgan fingerprint density at radius 1 is 1.20 bits per heavy atom. The maximum atomic E-state index is 6.04. The van der Waals surface area contributed by atoms with Gasteiger partial charge in [-0.05, 0) is 36.8 Å². The molecule has 0 amide bonds. The Balaban J connectivity index is 2.02. The number of alkyl halides is 1. The van der Waals surface area contributed by atoms with Gasteiger partial charge >= 0.3 is 0 Å². The molecule has 1 aliphatic carbocycles. The van der Waals surface area contributed by atoms with Gasteiger partial charge in [-0.2, -0.15) is 0 Å². The van der Waals surface area contributed by atoms with E-state index in [2.05, 4.69) is 37.3 Å². The van der Waals surface area contributed by atoms with E-state index in [-0.39, 0.29) is 5.38 Å². The van der Waals surface area contributed by atoms with Gasteiger partial charge in [0.2, 0.25) is 0 Å². The smallest absolute Gasteiger partial charge is 0.0521 e. The van der Waals surface area contributed by atoms with Gasteiger partial charge in [0, 0.05) is 0 Å². The molecule has 1 aliphatic rings. The molecule has 0 nitrogen and oxygen atoms in total. The Morgan fingerprint density at radius 3 is 2.40 bits per heavy atom. The van der Waals surface area contributed by atoms with Crippen molar-refractivity contribution in [3.63, 3.8) is 0 Å². The van der Waals surface area contributed by atoms with E-state index in [1.54, 1.807) is 0 Å². The molecule has 0 N–H and O–H groups in total. The van der Waals surface area contributed by atoms with E-state index < -0.39 is 0 Å². The molecule has 0 saturated heterocycles. The average Bonchev–Trinajstić information content (AvgIpc) is 2.65. The molecule has 1 aromatic rings. The quantitative estimate of drug-likeness (QED) is 0.531. The second-order valence-electron chi connectivity index (χ2n) is 4.23. The zero-order chi connectivity index (χ0) is 10.7. The van der Waals surface area contributed by atoms with Gasteiger partial charge in [0.15, 0.2) is 0 Å². The predicted octanol–water partition coefficient (Wildman–Crippen LogP) is 4.12. The first-order chi connectivity index (χ1) is 7.28. The van der Waals surface area contributed by atoms with Crippen LogP contribution in [0.5, 0.6) is 0 Å². The van der Waals surface area contributed by atoms with Crippen molar-refractivity contribution in [2.75, 3.05) is 0 Å². The lowest BCUT2D eigenvalue weighted by molar-refractivity contribution is 0.891. The van der Waals surface area contributed by atoms with Crippen molar-refractivity contribution < 1.29 is 0 Å². The van der Waals surface area contributed by atoms with Crippen molar-refractivity contribution in [3.8, 4) is 0 Å². The molecule has 80 valence electrons. The Kier molecular flexibility index (Phi) is 3.48. The van der Waals surface area contributed by atoms with E-state index in [0.717, 1.165) is 19.3 Å². The van der Waals surface area contributed by atoms with Crippen LogP contribution in [0, 0.1) is 0 Å². The van der Waals surface area contributed by atoms with E-state index in [1.807, 2.05) is 0 Å². The molecule has 0 aromatic heterocycles. The fraction of sp³-hybridized carbons (Fsp3) is 0.429. The van der Waals surface area contributed by atoms with Crippen molar-refractivity contribution in [2.24, 2.45) is 0 Å². The molecular formula is C14H17Cl. The number of rotatable bonds is 3. The van der Waals surface area contributed by atoms with Gasteiger partial charge in [0.25, 0.3) is 0 Å². The third-order valence-corrected chi connectivity index (χ3v) is 3.36. The Labute approximate surface area is 97.0 Å². The third kappa shape index (κ3) is 2.85. The summed E-state index contributed by atoms with van der Waals surface area (Å²) >= 11 is 6.04. The second kappa shape index (κ2) is 4.85. The van der Waals surface area contributed by atoms with Gasteiger partial charge in [-0.1, -0.05) is 42.8 Å². The Hall–Kier alpha value is -0.750. The summed E-state index contributed by atoms with van der Waals surface area (Å²) in [4.78, 5) is 0. The van der Waals surface area contributed by atoms with Crippen LogP contribution in [0.1, 0.15) is 30.9 Å². The van der Waals surface area contributed by atoms with E-state index in [9.17, 15) is 0 Å². The molecule has 1 unspecified atom stereocenters. The number of hydrogen-bond acceptors (Lipinski definition) is 0. The SMILES string of the molecule is CCc1ccc(CC2=CC(Cl)CC2)cc1. The lowest BCUT2D eigenvalue weighted by atomic mass is 10.0. The van der Waals surface area contributed by atoms with Crippen molar-refractivity contribution >= 4 is 11.6 Å². The van der Waals surface area contributed by atoms with Crippen LogP contribution in [0.3, 0.4) is 0 Å². The molecule has 1 atom stereocenters. The lowest BCUT2D eigenvalue weighted by Gasteiger charge is -2.03. The van der Waals surface area contributed by atoms with Gasteiger partial charge in [-0.25, -0.2) is 0 Å². The summed E-state index contributed by atoms with van der Waals surface area (Å²) in [5.74, 6) is 0. The minimum atomic E-state index is 0.273. The molecule has 1 aromatic carbocycles. The molecule has 15 heavy (non-hydrogen) atoms. The molecular weight excluding hydrogens is 204 g/mol. The first-order valence-corrected chi connectivity index (χ1v) is 6.13.